The number of anilines is 2. The predicted molar refractivity (Wildman–Crippen MR) is 148 cm³/mol. The molecule has 9 heteroatoms. The Morgan fingerprint density at radius 3 is 2.21 bits per heavy atom. The van der Waals surface area contributed by atoms with E-state index in [4.69, 9.17) is 16.3 Å². The van der Waals surface area contributed by atoms with Gasteiger partial charge >= 0.3 is 5.97 Å². The minimum atomic E-state index is -4.05. The number of para-hydroxylation sites is 1. The van der Waals surface area contributed by atoms with Gasteiger partial charge in [0.2, 0.25) is 0 Å². The third-order valence-electron chi connectivity index (χ3n) is 5.82. The van der Waals surface area contributed by atoms with Crippen LogP contribution in [0.2, 0.25) is 5.02 Å². The number of methoxy groups -OCH3 is 1. The second-order valence-electron chi connectivity index (χ2n) is 8.47. The van der Waals surface area contributed by atoms with Gasteiger partial charge in [0.05, 0.1) is 40.4 Å². The van der Waals surface area contributed by atoms with Crippen molar-refractivity contribution in [1.29, 1.82) is 0 Å². The summed E-state index contributed by atoms with van der Waals surface area (Å²) < 4.78 is 33.8. The lowest BCUT2D eigenvalue weighted by molar-refractivity contribution is 0.0600. The number of carbonyl (C=O) groups is 2. The molecule has 38 heavy (non-hydrogen) atoms. The van der Waals surface area contributed by atoms with Crippen LogP contribution in [0.1, 0.15) is 31.8 Å². The number of benzene rings is 4. The molecule has 0 aromatic heterocycles. The largest absolute Gasteiger partial charge is 0.465 e. The number of hydrogen-bond donors (Lipinski definition) is 1. The van der Waals surface area contributed by atoms with Crippen molar-refractivity contribution in [2.24, 2.45) is 0 Å². The van der Waals surface area contributed by atoms with Crippen LogP contribution in [-0.2, 0) is 21.3 Å². The first-order valence-electron chi connectivity index (χ1n) is 11.6. The molecule has 1 amide bonds. The third kappa shape index (κ3) is 5.88. The highest BCUT2D eigenvalue weighted by Crippen LogP contribution is 2.30. The van der Waals surface area contributed by atoms with Crippen LogP contribution < -0.4 is 9.62 Å². The Morgan fingerprint density at radius 2 is 1.53 bits per heavy atom. The summed E-state index contributed by atoms with van der Waals surface area (Å²) in [4.78, 5) is 25.6. The van der Waals surface area contributed by atoms with Crippen LogP contribution in [0.5, 0.6) is 0 Å². The molecule has 0 aliphatic heterocycles. The zero-order valence-electron chi connectivity index (χ0n) is 20.7. The van der Waals surface area contributed by atoms with Crippen molar-refractivity contribution in [1.82, 2.24) is 0 Å². The van der Waals surface area contributed by atoms with Crippen LogP contribution >= 0.6 is 11.6 Å². The molecule has 1 N–H and O–H groups in total. The second-order valence-corrected chi connectivity index (χ2v) is 10.7. The van der Waals surface area contributed by atoms with E-state index >= 15 is 0 Å². The van der Waals surface area contributed by atoms with Gasteiger partial charge in [-0.05, 0) is 55.0 Å². The fraction of sp³-hybridized carbons (Fsp3) is 0.103. The summed E-state index contributed by atoms with van der Waals surface area (Å²) in [6, 6.07) is 26.6. The minimum absolute atomic E-state index is 0.00871. The van der Waals surface area contributed by atoms with Crippen LogP contribution in [0.25, 0.3) is 0 Å². The first kappa shape index (κ1) is 26.9. The predicted octanol–water partition coefficient (Wildman–Crippen LogP) is 6.08. The molecule has 4 aromatic carbocycles. The summed E-state index contributed by atoms with van der Waals surface area (Å²) >= 11 is 6.10. The van der Waals surface area contributed by atoms with E-state index in [1.165, 1.54) is 23.5 Å². The number of rotatable bonds is 8. The van der Waals surface area contributed by atoms with Crippen LogP contribution in [0.3, 0.4) is 0 Å². The molecule has 0 saturated heterocycles. The zero-order chi connectivity index (χ0) is 27.3. The molecular weight excluding hydrogens is 524 g/mol. The van der Waals surface area contributed by atoms with Crippen LogP contribution in [0, 0.1) is 6.92 Å². The first-order valence-corrected chi connectivity index (χ1v) is 13.4. The summed E-state index contributed by atoms with van der Waals surface area (Å²) in [6.45, 7) is 1.88. The van der Waals surface area contributed by atoms with Crippen LogP contribution in [-0.4, -0.2) is 27.4 Å². The maximum Gasteiger partial charge on any atom is 0.339 e. The Labute approximate surface area is 226 Å². The van der Waals surface area contributed by atoms with Crippen LogP contribution in [0.15, 0.2) is 102 Å². The number of carbonyl (C=O) groups excluding carboxylic acids is 2. The van der Waals surface area contributed by atoms with E-state index in [0.717, 1.165) is 11.1 Å². The molecule has 0 radical (unpaired) electrons. The topological polar surface area (TPSA) is 92.8 Å². The van der Waals surface area contributed by atoms with Crippen molar-refractivity contribution in [2.75, 3.05) is 16.7 Å². The SMILES string of the molecule is COC(=O)c1cc(NC(=O)c2ccccc2N(Cc2ccccc2)S(=O)(=O)c2ccc(C)cc2)ccc1Cl. The number of esters is 1. The van der Waals surface area contributed by atoms with Gasteiger partial charge in [0.15, 0.2) is 0 Å². The molecule has 0 bridgehead atoms. The normalized spacial score (nSPS) is 11.0. The highest BCUT2D eigenvalue weighted by atomic mass is 35.5. The molecule has 0 fully saturated rings. The molecule has 0 atom stereocenters. The third-order valence-corrected chi connectivity index (χ3v) is 7.93. The van der Waals surface area contributed by atoms with Gasteiger partial charge in [-0.3, -0.25) is 9.10 Å². The van der Waals surface area contributed by atoms with Gasteiger partial charge in [0.25, 0.3) is 15.9 Å². The van der Waals surface area contributed by atoms with E-state index in [0.29, 0.717) is 5.69 Å². The van der Waals surface area contributed by atoms with Gasteiger partial charge in [-0.2, -0.15) is 0 Å². The van der Waals surface area contributed by atoms with E-state index in [9.17, 15) is 18.0 Å². The number of halogens is 1. The summed E-state index contributed by atoms with van der Waals surface area (Å²) in [7, 11) is -2.82. The number of nitrogens with one attached hydrogen (secondary N) is 1. The van der Waals surface area contributed by atoms with E-state index < -0.39 is 21.9 Å². The fourth-order valence-corrected chi connectivity index (χ4v) is 5.50. The van der Waals surface area contributed by atoms with Gasteiger partial charge < -0.3 is 10.1 Å². The minimum Gasteiger partial charge on any atom is -0.465 e. The van der Waals surface area contributed by atoms with Gasteiger partial charge in [-0.25, -0.2) is 13.2 Å². The summed E-state index contributed by atoms with van der Waals surface area (Å²) in [5, 5.41) is 2.91. The second kappa shape index (κ2) is 11.5. The molecule has 0 aliphatic carbocycles. The summed E-state index contributed by atoms with van der Waals surface area (Å²) in [5.74, 6) is -1.21. The number of ether oxygens (including phenoxy) is 1. The lowest BCUT2D eigenvalue weighted by Crippen LogP contribution is -2.32. The molecular formula is C29H25ClN2O5S. The molecule has 0 aliphatic rings. The average molecular weight is 549 g/mol. The average Bonchev–Trinajstić information content (AvgIpc) is 2.93. The van der Waals surface area contributed by atoms with Crippen molar-refractivity contribution >= 4 is 44.9 Å². The summed E-state index contributed by atoms with van der Waals surface area (Å²) in [5.41, 5.74) is 2.40. The van der Waals surface area contributed by atoms with E-state index in [1.54, 1.807) is 54.6 Å². The van der Waals surface area contributed by atoms with Gasteiger partial charge in [0, 0.05) is 5.69 Å². The van der Waals surface area contributed by atoms with Crippen molar-refractivity contribution in [2.45, 2.75) is 18.4 Å². The molecule has 7 nitrogen and oxygen atoms in total. The monoisotopic (exact) mass is 548 g/mol. The maximum absolute atomic E-state index is 13.9. The van der Waals surface area contributed by atoms with E-state index in [1.807, 2.05) is 37.3 Å². The maximum atomic E-state index is 13.9. The Morgan fingerprint density at radius 1 is 0.868 bits per heavy atom. The first-order chi connectivity index (χ1) is 18.2. The fourth-order valence-electron chi connectivity index (χ4n) is 3.84. The van der Waals surface area contributed by atoms with Crippen molar-refractivity contribution in [3.05, 3.63) is 124 Å². The molecule has 0 spiro atoms. The highest BCUT2D eigenvalue weighted by molar-refractivity contribution is 7.92. The van der Waals surface area contributed by atoms with Crippen molar-refractivity contribution in [3.8, 4) is 0 Å². The van der Waals surface area contributed by atoms with Crippen molar-refractivity contribution in [3.63, 3.8) is 0 Å². The molecule has 0 heterocycles. The smallest absolute Gasteiger partial charge is 0.339 e. The number of hydrogen-bond acceptors (Lipinski definition) is 5. The molecule has 0 saturated carbocycles. The van der Waals surface area contributed by atoms with Gasteiger partial charge in [-0.1, -0.05) is 71.8 Å². The Kier molecular flexibility index (Phi) is 8.14. The molecule has 194 valence electrons. The number of nitrogens with zero attached hydrogens (tertiary/aromatic N) is 1. The van der Waals surface area contributed by atoms with E-state index in [-0.39, 0.29) is 33.3 Å². The lowest BCUT2D eigenvalue weighted by atomic mass is 10.1. The lowest BCUT2D eigenvalue weighted by Gasteiger charge is -2.26. The Hall–Kier alpha value is -4.14. The summed E-state index contributed by atoms with van der Waals surface area (Å²) in [6.07, 6.45) is 0. The molecule has 0 unspecified atom stereocenters. The van der Waals surface area contributed by atoms with Crippen molar-refractivity contribution < 1.29 is 22.7 Å². The van der Waals surface area contributed by atoms with Crippen LogP contribution in [0.4, 0.5) is 11.4 Å². The number of amides is 1. The highest BCUT2D eigenvalue weighted by Gasteiger charge is 2.29. The van der Waals surface area contributed by atoms with Gasteiger partial charge in [0.1, 0.15) is 0 Å². The molecule has 4 aromatic rings. The van der Waals surface area contributed by atoms with Gasteiger partial charge in [-0.15, -0.1) is 0 Å². The Bertz CT molecular complexity index is 1570. The number of aryl methyl sites for hydroxylation is 1. The van der Waals surface area contributed by atoms with E-state index in [2.05, 4.69) is 5.32 Å². The number of sulfonamides is 1. The zero-order valence-corrected chi connectivity index (χ0v) is 22.3. The standard InChI is InChI=1S/C29H25ClN2O5S/c1-20-12-15-23(16-13-20)38(35,36)32(19-21-8-4-3-5-9-21)27-11-7-6-10-24(27)28(33)31-22-14-17-26(30)25(18-22)29(34)37-2/h3-18H,19H2,1-2H3,(H,31,33). The molecule has 4 rings (SSSR count). The Balaban J connectivity index is 1.76. The quantitative estimate of drug-likeness (QED) is 0.269.